The number of aliphatic carboxylic acids is 1. The number of ether oxygens (including phenoxy) is 1. The van der Waals surface area contributed by atoms with Crippen molar-refractivity contribution in [2.24, 2.45) is 0 Å². The molecule has 0 saturated carbocycles. The first-order valence-electron chi connectivity index (χ1n) is 7.75. The summed E-state index contributed by atoms with van der Waals surface area (Å²) in [5.74, 6) is -0.349. The van der Waals surface area contributed by atoms with Crippen molar-refractivity contribution in [1.82, 2.24) is 10.5 Å². The van der Waals surface area contributed by atoms with Gasteiger partial charge in [0.05, 0.1) is 7.11 Å². The zero-order valence-electron chi connectivity index (χ0n) is 13.2. The smallest absolute Gasteiger partial charge is 0.330 e. The van der Waals surface area contributed by atoms with Gasteiger partial charge in [-0.25, -0.2) is 4.79 Å². The molecule has 0 aliphatic heterocycles. The molecule has 0 radical (unpaired) electrons. The predicted octanol–water partition coefficient (Wildman–Crippen LogP) is 2.12. The number of hydrogen-bond acceptors (Lipinski definition) is 5. The molecule has 1 heterocycles. The second kappa shape index (κ2) is 6.74. The average molecular weight is 330 g/mol. The lowest BCUT2D eigenvalue weighted by atomic mass is 9.96. The summed E-state index contributed by atoms with van der Waals surface area (Å²) < 4.78 is 10.3. The van der Waals surface area contributed by atoms with Crippen molar-refractivity contribution in [2.45, 2.75) is 31.7 Å². The Labute approximate surface area is 138 Å². The molecule has 1 aromatic carbocycles. The molecule has 1 unspecified atom stereocenters. The number of fused-ring (bicyclic) bond motifs is 1. The molecule has 24 heavy (non-hydrogen) atoms. The quantitative estimate of drug-likeness (QED) is 0.870. The number of hydrogen-bond donors (Lipinski definition) is 2. The summed E-state index contributed by atoms with van der Waals surface area (Å²) in [5.41, 5.74) is 1.43. The minimum atomic E-state index is -1.17. The van der Waals surface area contributed by atoms with Crippen LogP contribution in [-0.2, 0) is 17.6 Å². The minimum Gasteiger partial charge on any atom is -0.497 e. The third-order valence-electron chi connectivity index (χ3n) is 4.14. The Morgan fingerprint density at radius 1 is 1.25 bits per heavy atom. The lowest BCUT2D eigenvalue weighted by Crippen LogP contribution is -2.34. The van der Waals surface area contributed by atoms with Crippen LogP contribution in [-0.4, -0.2) is 29.2 Å². The van der Waals surface area contributed by atoms with Gasteiger partial charge in [0.1, 0.15) is 11.5 Å². The van der Waals surface area contributed by atoms with Crippen molar-refractivity contribution in [1.29, 1.82) is 0 Å². The SMILES string of the molecule is COc1ccc(C(NC(=O)c2noc3c2CCCC3)C(=O)O)cc1. The summed E-state index contributed by atoms with van der Waals surface area (Å²) >= 11 is 0. The number of carbonyl (C=O) groups is 2. The first-order valence-corrected chi connectivity index (χ1v) is 7.75. The Bertz CT molecular complexity index is 751. The van der Waals surface area contributed by atoms with Gasteiger partial charge in [0.15, 0.2) is 11.7 Å². The molecule has 2 aromatic rings. The van der Waals surface area contributed by atoms with Crippen LogP contribution in [0.25, 0.3) is 0 Å². The summed E-state index contributed by atoms with van der Waals surface area (Å²) in [6.07, 6.45) is 3.46. The van der Waals surface area contributed by atoms with Crippen LogP contribution in [0.15, 0.2) is 28.8 Å². The van der Waals surface area contributed by atoms with Crippen LogP contribution in [0, 0.1) is 0 Å². The van der Waals surface area contributed by atoms with Gasteiger partial charge in [0.2, 0.25) is 0 Å². The Balaban J connectivity index is 1.81. The zero-order chi connectivity index (χ0) is 17.1. The molecule has 3 rings (SSSR count). The third-order valence-corrected chi connectivity index (χ3v) is 4.14. The summed E-state index contributed by atoms with van der Waals surface area (Å²) in [7, 11) is 1.53. The van der Waals surface area contributed by atoms with E-state index in [1.165, 1.54) is 7.11 Å². The number of carbonyl (C=O) groups excluding carboxylic acids is 1. The van der Waals surface area contributed by atoms with Crippen LogP contribution in [0.3, 0.4) is 0 Å². The van der Waals surface area contributed by atoms with Crippen LogP contribution in [0.2, 0.25) is 0 Å². The van der Waals surface area contributed by atoms with Crippen molar-refractivity contribution in [3.8, 4) is 5.75 Å². The van der Waals surface area contributed by atoms with Crippen molar-refractivity contribution in [3.63, 3.8) is 0 Å². The number of benzene rings is 1. The number of nitrogens with zero attached hydrogens (tertiary/aromatic N) is 1. The Morgan fingerprint density at radius 2 is 1.96 bits per heavy atom. The monoisotopic (exact) mass is 330 g/mol. The van der Waals surface area contributed by atoms with E-state index in [0.29, 0.717) is 11.3 Å². The minimum absolute atomic E-state index is 0.185. The number of carboxylic acids is 1. The number of aryl methyl sites for hydroxylation is 1. The normalized spacial score (nSPS) is 14.5. The molecule has 0 spiro atoms. The van der Waals surface area contributed by atoms with Crippen LogP contribution >= 0.6 is 0 Å². The predicted molar refractivity (Wildman–Crippen MR) is 84.0 cm³/mol. The van der Waals surface area contributed by atoms with Crippen molar-refractivity contribution in [2.75, 3.05) is 7.11 Å². The van der Waals surface area contributed by atoms with E-state index in [4.69, 9.17) is 9.26 Å². The molecule has 1 aliphatic rings. The van der Waals surface area contributed by atoms with E-state index < -0.39 is 17.9 Å². The molecule has 1 amide bonds. The molecule has 1 aliphatic carbocycles. The van der Waals surface area contributed by atoms with E-state index in [0.717, 1.165) is 37.0 Å². The molecule has 7 heteroatoms. The first-order chi connectivity index (χ1) is 11.6. The van der Waals surface area contributed by atoms with Gasteiger partial charge in [-0.3, -0.25) is 4.79 Å². The van der Waals surface area contributed by atoms with Gasteiger partial charge in [0.25, 0.3) is 5.91 Å². The number of nitrogens with one attached hydrogen (secondary N) is 1. The second-order valence-electron chi connectivity index (χ2n) is 5.66. The largest absolute Gasteiger partial charge is 0.497 e. The van der Waals surface area contributed by atoms with Gasteiger partial charge in [-0.15, -0.1) is 0 Å². The van der Waals surface area contributed by atoms with E-state index in [-0.39, 0.29) is 5.69 Å². The van der Waals surface area contributed by atoms with Crippen molar-refractivity contribution < 1.29 is 24.0 Å². The fraction of sp³-hybridized carbons (Fsp3) is 0.353. The standard InChI is InChI=1S/C17H18N2O5/c1-23-11-8-6-10(7-9-11)14(17(21)22)18-16(20)15-12-4-2-3-5-13(12)24-19-15/h6-9,14H,2-5H2,1H3,(H,18,20)(H,21,22). The molecular formula is C17H18N2O5. The molecule has 2 N–H and O–H groups in total. The number of methoxy groups -OCH3 is 1. The topological polar surface area (TPSA) is 102 Å². The van der Waals surface area contributed by atoms with Gasteiger partial charge in [0, 0.05) is 12.0 Å². The lowest BCUT2D eigenvalue weighted by molar-refractivity contribution is -0.139. The summed E-state index contributed by atoms with van der Waals surface area (Å²) in [5, 5.41) is 15.8. The van der Waals surface area contributed by atoms with Crippen LogP contribution < -0.4 is 10.1 Å². The highest BCUT2D eigenvalue weighted by Gasteiger charge is 2.28. The second-order valence-corrected chi connectivity index (χ2v) is 5.66. The van der Waals surface area contributed by atoms with Crippen LogP contribution in [0.4, 0.5) is 0 Å². The number of carboxylic acid groups (broad SMARTS) is 1. The average Bonchev–Trinajstić information content (AvgIpc) is 3.03. The fourth-order valence-electron chi connectivity index (χ4n) is 2.85. The maximum Gasteiger partial charge on any atom is 0.330 e. The van der Waals surface area contributed by atoms with Crippen molar-refractivity contribution >= 4 is 11.9 Å². The Morgan fingerprint density at radius 3 is 2.62 bits per heavy atom. The molecule has 0 bridgehead atoms. The summed E-state index contributed by atoms with van der Waals surface area (Å²) in [4.78, 5) is 24.0. The number of aromatic nitrogens is 1. The maximum atomic E-state index is 12.5. The van der Waals surface area contributed by atoms with Crippen LogP contribution in [0.5, 0.6) is 5.75 Å². The summed E-state index contributed by atoms with van der Waals surface area (Å²) in [6, 6.07) is 5.34. The fourth-order valence-corrected chi connectivity index (χ4v) is 2.85. The number of rotatable bonds is 5. The van der Waals surface area contributed by atoms with Crippen LogP contribution in [0.1, 0.15) is 46.3 Å². The van der Waals surface area contributed by atoms with E-state index in [9.17, 15) is 14.7 Å². The van der Waals surface area contributed by atoms with Gasteiger partial charge in [-0.1, -0.05) is 17.3 Å². The van der Waals surface area contributed by atoms with Gasteiger partial charge < -0.3 is 19.7 Å². The first kappa shape index (κ1) is 16.0. The molecule has 7 nitrogen and oxygen atoms in total. The third kappa shape index (κ3) is 3.10. The molecule has 0 saturated heterocycles. The molecule has 126 valence electrons. The van der Waals surface area contributed by atoms with Gasteiger partial charge in [-0.05, 0) is 37.0 Å². The number of amides is 1. The molecular weight excluding hydrogens is 312 g/mol. The zero-order valence-corrected chi connectivity index (χ0v) is 13.2. The Hall–Kier alpha value is -2.83. The van der Waals surface area contributed by atoms with Gasteiger partial charge >= 0.3 is 5.97 Å². The van der Waals surface area contributed by atoms with E-state index in [1.54, 1.807) is 24.3 Å². The molecule has 1 aromatic heterocycles. The summed E-state index contributed by atoms with van der Waals surface area (Å²) in [6.45, 7) is 0. The highest BCUT2D eigenvalue weighted by atomic mass is 16.5. The Kier molecular flexibility index (Phi) is 4.50. The van der Waals surface area contributed by atoms with E-state index in [2.05, 4.69) is 10.5 Å². The van der Waals surface area contributed by atoms with Gasteiger partial charge in [-0.2, -0.15) is 0 Å². The van der Waals surface area contributed by atoms with E-state index in [1.807, 2.05) is 0 Å². The molecule has 1 atom stereocenters. The lowest BCUT2D eigenvalue weighted by Gasteiger charge is -2.15. The van der Waals surface area contributed by atoms with E-state index >= 15 is 0 Å². The maximum absolute atomic E-state index is 12.5. The molecule has 0 fully saturated rings. The highest BCUT2D eigenvalue weighted by Crippen LogP contribution is 2.25. The van der Waals surface area contributed by atoms with Crippen molar-refractivity contribution in [3.05, 3.63) is 46.8 Å². The highest BCUT2D eigenvalue weighted by molar-refractivity contribution is 5.96.